The first-order valence-corrected chi connectivity index (χ1v) is 8.71. The number of rotatable bonds is 5. The Kier molecular flexibility index (Phi) is 4.84. The second-order valence-electron chi connectivity index (χ2n) is 6.74. The van der Waals surface area contributed by atoms with E-state index in [1.165, 1.54) is 15.9 Å². The van der Waals surface area contributed by atoms with Crippen molar-refractivity contribution >= 4 is 29.3 Å². The van der Waals surface area contributed by atoms with E-state index in [1.54, 1.807) is 13.0 Å². The fraction of sp³-hybridized carbons (Fsp3) is 0.500. The number of hydrogen-bond acceptors (Lipinski definition) is 4. The van der Waals surface area contributed by atoms with Crippen LogP contribution in [0.2, 0.25) is 0 Å². The maximum absolute atomic E-state index is 14.7. The van der Waals surface area contributed by atoms with Crippen LogP contribution in [0.25, 0.3) is 0 Å². The summed E-state index contributed by atoms with van der Waals surface area (Å²) in [5, 5.41) is 2.68. The quantitative estimate of drug-likeness (QED) is 0.868. The topological polar surface area (TPSA) is 79.0 Å². The number of amides is 3. The number of carbonyl (C=O) groups excluding carboxylic acids is 3. The van der Waals surface area contributed by atoms with Crippen molar-refractivity contribution in [2.24, 2.45) is 0 Å². The maximum Gasteiger partial charge on any atom is 0.414 e. The second kappa shape index (κ2) is 6.93. The van der Waals surface area contributed by atoms with Gasteiger partial charge in [0.25, 0.3) is 0 Å². The van der Waals surface area contributed by atoms with Crippen molar-refractivity contribution in [3.05, 3.63) is 23.5 Å². The average molecular weight is 363 g/mol. The van der Waals surface area contributed by atoms with Crippen molar-refractivity contribution in [1.82, 2.24) is 5.32 Å². The number of benzene rings is 1. The summed E-state index contributed by atoms with van der Waals surface area (Å²) in [5.41, 5.74) is 1.20. The molecule has 0 aromatic heterocycles. The Morgan fingerprint density at radius 3 is 2.77 bits per heavy atom. The van der Waals surface area contributed by atoms with Gasteiger partial charge < -0.3 is 15.0 Å². The molecule has 1 fully saturated rings. The molecule has 0 radical (unpaired) electrons. The molecule has 1 atom stereocenters. The molecule has 1 N–H and O–H groups in total. The number of cyclic esters (lactones) is 1. The monoisotopic (exact) mass is 363 g/mol. The van der Waals surface area contributed by atoms with Gasteiger partial charge >= 0.3 is 6.09 Å². The summed E-state index contributed by atoms with van der Waals surface area (Å²) < 4.78 is 19.9. The molecule has 8 heteroatoms. The molecule has 1 unspecified atom stereocenters. The molecule has 2 heterocycles. The zero-order valence-corrected chi connectivity index (χ0v) is 15.0. The normalized spacial score (nSPS) is 19.2. The van der Waals surface area contributed by atoms with Crippen LogP contribution >= 0.6 is 0 Å². The summed E-state index contributed by atoms with van der Waals surface area (Å²) in [4.78, 5) is 38.4. The summed E-state index contributed by atoms with van der Waals surface area (Å²) in [7, 11) is 0. The van der Waals surface area contributed by atoms with Gasteiger partial charge in [-0.05, 0) is 31.5 Å². The first kappa shape index (κ1) is 18.2. The standard InChI is InChI=1S/C18H22FN3O4/c1-4-15(23)20-8-13-9-21(18(25)26-13)12-5-11-6-16(24)22(10(2)3)17(11)14(19)7-12/h5,7,10,13H,4,6,8-9H2,1-3H3,(H,20,23). The molecule has 0 saturated carbocycles. The third-order valence-electron chi connectivity index (χ3n) is 4.53. The first-order chi connectivity index (χ1) is 12.3. The van der Waals surface area contributed by atoms with Crippen LogP contribution in [0.4, 0.5) is 20.6 Å². The number of ether oxygens (including phenoxy) is 1. The van der Waals surface area contributed by atoms with Crippen molar-refractivity contribution < 1.29 is 23.5 Å². The van der Waals surface area contributed by atoms with Gasteiger partial charge in [-0.1, -0.05) is 6.92 Å². The summed E-state index contributed by atoms with van der Waals surface area (Å²) in [6, 6.07) is 2.76. The van der Waals surface area contributed by atoms with E-state index in [0.717, 1.165) is 0 Å². The predicted molar refractivity (Wildman–Crippen MR) is 93.6 cm³/mol. The van der Waals surface area contributed by atoms with Crippen molar-refractivity contribution in [2.45, 2.75) is 45.8 Å². The van der Waals surface area contributed by atoms with Gasteiger partial charge in [-0.3, -0.25) is 14.5 Å². The van der Waals surface area contributed by atoms with Gasteiger partial charge in [0.1, 0.15) is 11.9 Å². The molecule has 26 heavy (non-hydrogen) atoms. The first-order valence-electron chi connectivity index (χ1n) is 8.71. The van der Waals surface area contributed by atoms with Crippen LogP contribution in [-0.4, -0.2) is 43.1 Å². The van der Waals surface area contributed by atoms with Gasteiger partial charge in [-0.2, -0.15) is 0 Å². The number of anilines is 2. The van der Waals surface area contributed by atoms with E-state index in [1.807, 2.05) is 13.8 Å². The van der Waals surface area contributed by atoms with E-state index in [4.69, 9.17) is 4.74 Å². The smallest absolute Gasteiger partial charge is 0.414 e. The second-order valence-corrected chi connectivity index (χ2v) is 6.74. The lowest BCUT2D eigenvalue weighted by Gasteiger charge is -2.23. The Bertz CT molecular complexity index is 765. The lowest BCUT2D eigenvalue weighted by atomic mass is 10.1. The maximum atomic E-state index is 14.7. The fourth-order valence-electron chi connectivity index (χ4n) is 3.31. The Morgan fingerprint density at radius 2 is 2.12 bits per heavy atom. The molecule has 2 aliphatic rings. The molecule has 0 spiro atoms. The number of nitrogens with one attached hydrogen (secondary N) is 1. The molecule has 1 aromatic rings. The van der Waals surface area contributed by atoms with Crippen molar-refractivity contribution in [1.29, 1.82) is 0 Å². The van der Waals surface area contributed by atoms with Crippen LogP contribution in [0.1, 0.15) is 32.8 Å². The lowest BCUT2D eigenvalue weighted by Crippen LogP contribution is -2.34. The third kappa shape index (κ3) is 3.23. The number of fused-ring (bicyclic) bond motifs is 1. The average Bonchev–Trinajstić information content (AvgIpc) is 3.11. The Hall–Kier alpha value is -2.64. The fourth-order valence-corrected chi connectivity index (χ4v) is 3.31. The van der Waals surface area contributed by atoms with E-state index in [9.17, 15) is 18.8 Å². The van der Waals surface area contributed by atoms with Gasteiger partial charge in [0, 0.05) is 12.5 Å². The van der Waals surface area contributed by atoms with Crippen LogP contribution < -0.4 is 15.1 Å². The van der Waals surface area contributed by atoms with Crippen LogP contribution in [-0.2, 0) is 20.7 Å². The minimum Gasteiger partial charge on any atom is -0.442 e. The molecule has 0 aliphatic carbocycles. The highest BCUT2D eigenvalue weighted by Crippen LogP contribution is 2.37. The number of halogens is 1. The van der Waals surface area contributed by atoms with E-state index in [2.05, 4.69) is 5.32 Å². The summed E-state index contributed by atoms with van der Waals surface area (Å²) in [5.74, 6) is -0.821. The van der Waals surface area contributed by atoms with E-state index < -0.39 is 18.0 Å². The molecule has 3 amide bonds. The van der Waals surface area contributed by atoms with E-state index in [0.29, 0.717) is 17.7 Å². The molecule has 1 saturated heterocycles. The minimum atomic E-state index is -0.592. The minimum absolute atomic E-state index is 0.108. The van der Waals surface area contributed by atoms with Gasteiger partial charge in [0.05, 0.1) is 30.9 Å². The molecular weight excluding hydrogens is 341 g/mol. The van der Waals surface area contributed by atoms with Crippen LogP contribution in [0.5, 0.6) is 0 Å². The molecule has 140 valence electrons. The van der Waals surface area contributed by atoms with E-state index in [-0.39, 0.29) is 43.1 Å². The summed E-state index contributed by atoms with van der Waals surface area (Å²) >= 11 is 0. The highest BCUT2D eigenvalue weighted by molar-refractivity contribution is 6.03. The predicted octanol–water partition coefficient (Wildman–Crippen LogP) is 1.97. The molecule has 2 aliphatic heterocycles. The van der Waals surface area contributed by atoms with Crippen molar-refractivity contribution in [3.63, 3.8) is 0 Å². The molecule has 3 rings (SSSR count). The van der Waals surface area contributed by atoms with Gasteiger partial charge in [-0.15, -0.1) is 0 Å². The summed E-state index contributed by atoms with van der Waals surface area (Å²) in [6.45, 7) is 5.81. The van der Waals surface area contributed by atoms with Gasteiger partial charge in [0.2, 0.25) is 11.8 Å². The van der Waals surface area contributed by atoms with Gasteiger partial charge in [-0.25, -0.2) is 9.18 Å². The van der Waals surface area contributed by atoms with Crippen molar-refractivity contribution in [3.8, 4) is 0 Å². The number of nitrogens with zero attached hydrogens (tertiary/aromatic N) is 2. The van der Waals surface area contributed by atoms with Crippen molar-refractivity contribution in [2.75, 3.05) is 22.9 Å². The summed E-state index contributed by atoms with van der Waals surface area (Å²) in [6.07, 6.45) is -0.633. The Labute approximate surface area is 151 Å². The Balaban J connectivity index is 1.80. The lowest BCUT2D eigenvalue weighted by molar-refractivity contribution is -0.121. The largest absolute Gasteiger partial charge is 0.442 e. The van der Waals surface area contributed by atoms with Crippen LogP contribution in [0.15, 0.2) is 12.1 Å². The zero-order chi connectivity index (χ0) is 19.0. The van der Waals surface area contributed by atoms with Gasteiger partial charge in [0.15, 0.2) is 0 Å². The van der Waals surface area contributed by atoms with Crippen LogP contribution in [0.3, 0.4) is 0 Å². The number of hydrogen-bond donors (Lipinski definition) is 1. The van der Waals surface area contributed by atoms with Crippen LogP contribution in [0, 0.1) is 5.82 Å². The molecule has 1 aromatic carbocycles. The molecule has 7 nitrogen and oxygen atoms in total. The van der Waals surface area contributed by atoms with E-state index >= 15 is 0 Å². The number of carbonyl (C=O) groups is 3. The third-order valence-corrected chi connectivity index (χ3v) is 4.53. The molecular formula is C18H22FN3O4. The SMILES string of the molecule is CCC(=O)NCC1CN(c2cc(F)c3c(c2)CC(=O)N3C(C)C)C(=O)O1. The Morgan fingerprint density at radius 1 is 1.38 bits per heavy atom. The molecule has 0 bridgehead atoms. The highest BCUT2D eigenvalue weighted by Gasteiger charge is 2.36. The highest BCUT2D eigenvalue weighted by atomic mass is 19.1. The zero-order valence-electron chi connectivity index (χ0n) is 15.0.